The van der Waals surface area contributed by atoms with Crippen LogP contribution in [0.5, 0.6) is 17.2 Å². The zero-order valence-electron chi connectivity index (χ0n) is 33.3. The van der Waals surface area contributed by atoms with E-state index in [9.17, 15) is 14.7 Å². The van der Waals surface area contributed by atoms with Gasteiger partial charge in [0.1, 0.15) is 5.69 Å². The van der Waals surface area contributed by atoms with E-state index in [-0.39, 0.29) is 17.3 Å². The van der Waals surface area contributed by atoms with Gasteiger partial charge in [-0.3, -0.25) is 9.59 Å². The van der Waals surface area contributed by atoms with E-state index in [1.165, 1.54) is 31.9 Å². The van der Waals surface area contributed by atoms with Gasteiger partial charge in [-0.15, -0.1) is 10.2 Å². The molecule has 0 atom stereocenters. The zero-order chi connectivity index (χ0) is 39.9. The Hall–Kier alpha value is -5.41. The smallest absolute Gasteiger partial charge is 0.202 e. The number of phenolic OH excluding ortho intramolecular Hbond substituents is 1. The lowest BCUT2D eigenvalue weighted by Gasteiger charge is -2.29. The molecular weight excluding hydrogens is 691 g/mol. The normalized spacial score (nSPS) is 10.7. The Morgan fingerprint density at radius 2 is 1.27 bits per heavy atom. The minimum absolute atomic E-state index is 0.275. The molecular formula is C46H57N3O6. The fourth-order valence-electron chi connectivity index (χ4n) is 6.13. The molecule has 1 N–H and O–H groups in total. The number of ether oxygens (including phenoxy) is 3. The topological polar surface area (TPSA) is 121 Å². The molecule has 9 nitrogen and oxygen atoms in total. The van der Waals surface area contributed by atoms with Crippen molar-refractivity contribution >= 4 is 11.6 Å². The van der Waals surface area contributed by atoms with Crippen molar-refractivity contribution in [2.45, 2.75) is 91.1 Å². The van der Waals surface area contributed by atoms with Crippen LogP contribution in [0.4, 0.5) is 0 Å². The Balaban J connectivity index is 0.000000228. The summed E-state index contributed by atoms with van der Waals surface area (Å²) >= 11 is 0. The first-order valence-electron chi connectivity index (χ1n) is 19.3. The van der Waals surface area contributed by atoms with E-state index in [1.54, 1.807) is 67.9 Å². The molecule has 9 heteroatoms. The second-order valence-electron chi connectivity index (χ2n) is 12.9. The maximum Gasteiger partial charge on any atom is 0.202 e. The summed E-state index contributed by atoms with van der Waals surface area (Å²) in [5, 5.41) is 21.1. The van der Waals surface area contributed by atoms with Crippen molar-refractivity contribution in [2.75, 3.05) is 20.8 Å². The van der Waals surface area contributed by atoms with Crippen molar-refractivity contribution in [3.63, 3.8) is 0 Å². The van der Waals surface area contributed by atoms with Gasteiger partial charge in [-0.1, -0.05) is 150 Å². The Bertz CT molecular complexity index is 1800. The van der Waals surface area contributed by atoms with Crippen molar-refractivity contribution in [2.24, 2.45) is 0 Å². The summed E-state index contributed by atoms with van der Waals surface area (Å²) in [5.74, 6) is 1.06. The minimum Gasteiger partial charge on any atom is -0.504 e. The number of phenols is 1. The molecule has 0 spiro atoms. The number of Topliss-reactive ketones (excluding diaryl/α,β-unsaturated/α-hetero) is 2. The molecule has 0 aliphatic heterocycles. The highest BCUT2D eigenvalue weighted by Crippen LogP contribution is 2.34. The van der Waals surface area contributed by atoms with E-state index in [4.69, 9.17) is 14.2 Å². The molecule has 0 fully saturated rings. The molecule has 0 unspecified atom stereocenters. The molecule has 0 amide bonds. The van der Waals surface area contributed by atoms with Gasteiger partial charge >= 0.3 is 0 Å². The molecule has 0 aliphatic rings. The average Bonchev–Trinajstić information content (AvgIpc) is 3.25. The molecule has 55 heavy (non-hydrogen) atoms. The second kappa shape index (κ2) is 24.1. The lowest BCUT2D eigenvalue weighted by atomic mass is 9.81. The number of ketones is 2. The first-order chi connectivity index (χ1) is 26.8. The van der Waals surface area contributed by atoms with Gasteiger partial charge < -0.3 is 19.3 Å². The van der Waals surface area contributed by atoms with Gasteiger partial charge in [-0.2, -0.15) is 0 Å². The molecule has 1 aromatic heterocycles. The third kappa shape index (κ3) is 12.6. The maximum atomic E-state index is 13.1. The molecule has 4 aromatic carbocycles. The van der Waals surface area contributed by atoms with Crippen molar-refractivity contribution < 1.29 is 28.9 Å². The molecule has 5 aromatic rings. The standard InChI is InChI=1S/C20H22O3.C16H26O2.C10H9N3O/c1-3-4-15-20(23-2,18(21)16-11-7-5-8-12-16)19(22)17-13-9-6-10-14-17;1-4-7-8-9-12-18-16-14(6-3)13(5-2)10-11-15(16)17;1-14-9-7-11-13-12-10(9)8-5-3-2-4-6-8/h5-14H,3-4,15H2,1-2H3;10-11,17H,4-9,12H2,1-3H3;2-7H,1H3. The Labute approximate surface area is 327 Å². The maximum absolute atomic E-state index is 13.1. The number of aromatic nitrogens is 3. The monoisotopic (exact) mass is 747 g/mol. The molecule has 0 saturated heterocycles. The van der Waals surface area contributed by atoms with Gasteiger partial charge in [0.25, 0.3) is 0 Å². The van der Waals surface area contributed by atoms with Crippen LogP contribution in [-0.4, -0.2) is 58.5 Å². The van der Waals surface area contributed by atoms with Crippen LogP contribution < -0.4 is 9.47 Å². The quantitative estimate of drug-likeness (QED) is 0.0530. The molecule has 0 aliphatic carbocycles. The third-order valence-electron chi connectivity index (χ3n) is 9.22. The number of hydrogen-bond acceptors (Lipinski definition) is 9. The highest BCUT2D eigenvalue weighted by molar-refractivity contribution is 6.22. The van der Waals surface area contributed by atoms with E-state index in [1.807, 2.05) is 55.5 Å². The predicted molar refractivity (Wildman–Crippen MR) is 219 cm³/mol. The van der Waals surface area contributed by atoms with Crippen molar-refractivity contribution in [3.8, 4) is 28.5 Å². The lowest BCUT2D eigenvalue weighted by molar-refractivity contribution is 0.00383. The number of rotatable bonds is 18. The summed E-state index contributed by atoms with van der Waals surface area (Å²) in [6, 6.07) is 31.2. The highest BCUT2D eigenvalue weighted by Gasteiger charge is 2.46. The summed E-state index contributed by atoms with van der Waals surface area (Å²) in [4.78, 5) is 26.1. The molecule has 5 rings (SSSR count). The number of aromatic hydroxyl groups is 1. The van der Waals surface area contributed by atoms with E-state index in [0.717, 1.165) is 43.2 Å². The third-order valence-corrected chi connectivity index (χ3v) is 9.22. The fraction of sp³-hybridized carbons (Fsp3) is 0.370. The van der Waals surface area contributed by atoms with Gasteiger partial charge in [-0.05, 0) is 48.9 Å². The predicted octanol–water partition coefficient (Wildman–Crippen LogP) is 10.4. The van der Waals surface area contributed by atoms with Crippen molar-refractivity contribution in [1.82, 2.24) is 15.4 Å². The Kier molecular flexibility index (Phi) is 19.3. The zero-order valence-corrected chi connectivity index (χ0v) is 33.3. The van der Waals surface area contributed by atoms with E-state index < -0.39 is 5.60 Å². The first kappa shape index (κ1) is 44.0. The fourth-order valence-corrected chi connectivity index (χ4v) is 6.13. The Morgan fingerprint density at radius 1 is 0.691 bits per heavy atom. The summed E-state index contributed by atoms with van der Waals surface area (Å²) in [6.45, 7) is 9.18. The number of aryl methyl sites for hydroxylation is 1. The lowest BCUT2D eigenvalue weighted by Crippen LogP contribution is -2.48. The van der Waals surface area contributed by atoms with Gasteiger partial charge in [0.2, 0.25) is 11.6 Å². The average molecular weight is 748 g/mol. The number of hydrogen-bond donors (Lipinski definition) is 1. The van der Waals surface area contributed by atoms with Crippen molar-refractivity contribution in [3.05, 3.63) is 132 Å². The van der Waals surface area contributed by atoms with Crippen LogP contribution in [0.2, 0.25) is 0 Å². The van der Waals surface area contributed by atoms with Crippen LogP contribution in [0.3, 0.4) is 0 Å². The van der Waals surface area contributed by atoms with Crippen LogP contribution in [0.15, 0.2) is 109 Å². The number of carbonyl (C=O) groups excluding carboxylic acids is 2. The van der Waals surface area contributed by atoms with E-state index >= 15 is 0 Å². The van der Waals surface area contributed by atoms with Crippen LogP contribution in [0.25, 0.3) is 11.3 Å². The minimum atomic E-state index is -1.46. The number of carbonyl (C=O) groups is 2. The van der Waals surface area contributed by atoms with Crippen LogP contribution in [-0.2, 0) is 17.6 Å². The molecule has 0 radical (unpaired) electrons. The summed E-state index contributed by atoms with van der Waals surface area (Å²) in [6.07, 6.45) is 10.2. The van der Waals surface area contributed by atoms with E-state index in [0.29, 0.717) is 41.3 Å². The summed E-state index contributed by atoms with van der Waals surface area (Å²) in [5.41, 5.74) is 3.65. The summed E-state index contributed by atoms with van der Waals surface area (Å²) < 4.78 is 16.5. The Morgan fingerprint density at radius 3 is 1.78 bits per heavy atom. The van der Waals surface area contributed by atoms with Gasteiger partial charge in [0.05, 0.1) is 19.9 Å². The molecule has 292 valence electrons. The number of unbranched alkanes of at least 4 members (excludes halogenated alkanes) is 4. The SMILES string of the molecule is CCCCC(OC)(C(=O)c1ccccc1)C(=O)c1ccccc1.CCCCCCOc1c(O)ccc(CC)c1CC.COc1cnnnc1-c1ccccc1. The van der Waals surface area contributed by atoms with Crippen molar-refractivity contribution in [1.29, 1.82) is 0 Å². The van der Waals surface area contributed by atoms with Crippen LogP contribution in [0.1, 0.15) is 104 Å². The second-order valence-corrected chi connectivity index (χ2v) is 12.9. The van der Waals surface area contributed by atoms with Gasteiger partial charge in [0.15, 0.2) is 22.8 Å². The highest BCUT2D eigenvalue weighted by atomic mass is 16.5. The number of benzene rings is 4. The molecule has 0 bridgehead atoms. The van der Waals surface area contributed by atoms with E-state index in [2.05, 4.69) is 36.2 Å². The molecule has 0 saturated carbocycles. The van der Waals surface area contributed by atoms with Crippen LogP contribution >= 0.6 is 0 Å². The first-order valence-corrected chi connectivity index (χ1v) is 19.3. The summed E-state index contributed by atoms with van der Waals surface area (Å²) in [7, 11) is 3.03. The number of methoxy groups -OCH3 is 2. The van der Waals surface area contributed by atoms with Gasteiger partial charge in [-0.25, -0.2) is 0 Å². The largest absolute Gasteiger partial charge is 0.504 e. The number of nitrogens with zero attached hydrogens (tertiary/aromatic N) is 3. The van der Waals surface area contributed by atoms with Gasteiger partial charge in [0, 0.05) is 29.4 Å². The van der Waals surface area contributed by atoms with Crippen LogP contribution in [0, 0.1) is 0 Å². The molecule has 1 heterocycles.